The van der Waals surface area contributed by atoms with Crippen molar-refractivity contribution in [1.82, 2.24) is 5.32 Å². The minimum atomic E-state index is -3.13. The molecule has 1 rings (SSSR count). The van der Waals surface area contributed by atoms with Gasteiger partial charge in [-0.1, -0.05) is 18.2 Å². The van der Waals surface area contributed by atoms with E-state index in [4.69, 9.17) is 4.74 Å². The molecule has 0 aromatic heterocycles. The summed E-state index contributed by atoms with van der Waals surface area (Å²) in [4.78, 5) is 0. The molecule has 1 atom stereocenters. The Bertz CT molecular complexity index is 499. The molecule has 0 aliphatic carbocycles. The number of benzene rings is 1. The Kier molecular flexibility index (Phi) is 5.98. The van der Waals surface area contributed by atoms with Crippen LogP contribution >= 0.6 is 0 Å². The standard InChI is InChI=1S/C14H23NO4S/c1-14(2,20(3,17)18)11-15-9-12(16)10-19-13-7-5-4-6-8-13/h4-8,12,15-16H,9-11H2,1-3H3. The SMILES string of the molecule is CC(C)(CNCC(O)COc1ccccc1)S(C)(=O)=O. The van der Waals surface area contributed by atoms with E-state index >= 15 is 0 Å². The number of rotatable bonds is 8. The van der Waals surface area contributed by atoms with Crippen molar-refractivity contribution in [2.45, 2.75) is 24.7 Å². The van der Waals surface area contributed by atoms with Crippen molar-refractivity contribution in [3.05, 3.63) is 30.3 Å². The Morgan fingerprint density at radius 2 is 1.90 bits per heavy atom. The number of hydrogen-bond acceptors (Lipinski definition) is 5. The van der Waals surface area contributed by atoms with Gasteiger partial charge in [-0.25, -0.2) is 8.42 Å². The van der Waals surface area contributed by atoms with Crippen molar-refractivity contribution in [3.8, 4) is 5.75 Å². The van der Waals surface area contributed by atoms with Crippen LogP contribution in [-0.2, 0) is 9.84 Å². The van der Waals surface area contributed by atoms with E-state index in [2.05, 4.69) is 5.32 Å². The smallest absolute Gasteiger partial charge is 0.153 e. The van der Waals surface area contributed by atoms with E-state index in [1.807, 2.05) is 30.3 Å². The van der Waals surface area contributed by atoms with Crippen molar-refractivity contribution in [3.63, 3.8) is 0 Å². The van der Waals surface area contributed by atoms with Gasteiger partial charge in [0.2, 0.25) is 0 Å². The molecule has 1 unspecified atom stereocenters. The number of ether oxygens (including phenoxy) is 1. The molecule has 0 bridgehead atoms. The molecule has 6 heteroatoms. The Balaban J connectivity index is 2.29. The van der Waals surface area contributed by atoms with Crippen LogP contribution in [0.3, 0.4) is 0 Å². The summed E-state index contributed by atoms with van der Waals surface area (Å²) in [6, 6.07) is 9.22. The first kappa shape index (κ1) is 16.9. The first-order chi connectivity index (χ1) is 9.22. The van der Waals surface area contributed by atoms with Gasteiger partial charge < -0.3 is 15.2 Å². The predicted molar refractivity (Wildman–Crippen MR) is 79.7 cm³/mol. The van der Waals surface area contributed by atoms with Crippen LogP contribution in [0.1, 0.15) is 13.8 Å². The van der Waals surface area contributed by atoms with Gasteiger partial charge >= 0.3 is 0 Å². The van der Waals surface area contributed by atoms with Crippen LogP contribution < -0.4 is 10.1 Å². The van der Waals surface area contributed by atoms with Crippen LogP contribution in [-0.4, -0.2) is 50.3 Å². The average Bonchev–Trinajstić information content (AvgIpc) is 2.36. The second-order valence-corrected chi connectivity index (χ2v) is 8.09. The average molecular weight is 301 g/mol. The highest BCUT2D eigenvalue weighted by Gasteiger charge is 2.29. The number of hydrogen-bond donors (Lipinski definition) is 2. The molecule has 0 aliphatic heterocycles. The van der Waals surface area contributed by atoms with Crippen molar-refractivity contribution in [1.29, 1.82) is 0 Å². The summed E-state index contributed by atoms with van der Waals surface area (Å²) in [5.41, 5.74) is 0. The molecule has 0 spiro atoms. The second kappa shape index (κ2) is 7.06. The fraction of sp³-hybridized carbons (Fsp3) is 0.571. The van der Waals surface area contributed by atoms with Crippen molar-refractivity contribution < 1.29 is 18.3 Å². The quantitative estimate of drug-likeness (QED) is 0.744. The van der Waals surface area contributed by atoms with Gasteiger partial charge in [-0.05, 0) is 26.0 Å². The number of aliphatic hydroxyl groups excluding tert-OH is 1. The maximum absolute atomic E-state index is 11.5. The molecule has 2 N–H and O–H groups in total. The molecule has 0 heterocycles. The van der Waals surface area contributed by atoms with E-state index < -0.39 is 20.7 Å². The monoisotopic (exact) mass is 301 g/mol. The summed E-state index contributed by atoms with van der Waals surface area (Å²) in [6.45, 7) is 4.04. The minimum Gasteiger partial charge on any atom is -0.491 e. The number of aliphatic hydroxyl groups is 1. The first-order valence-electron chi connectivity index (χ1n) is 6.48. The topological polar surface area (TPSA) is 75.6 Å². The zero-order valence-corrected chi connectivity index (χ0v) is 13.0. The second-order valence-electron chi connectivity index (χ2n) is 5.44. The lowest BCUT2D eigenvalue weighted by Crippen LogP contribution is -2.44. The lowest BCUT2D eigenvalue weighted by Gasteiger charge is -2.23. The highest BCUT2D eigenvalue weighted by Crippen LogP contribution is 2.13. The maximum Gasteiger partial charge on any atom is 0.153 e. The summed E-state index contributed by atoms with van der Waals surface area (Å²) in [7, 11) is -3.13. The third-order valence-corrected chi connectivity index (χ3v) is 5.27. The normalized spacial score (nSPS) is 14.0. The van der Waals surface area contributed by atoms with Gasteiger partial charge in [-0.2, -0.15) is 0 Å². The molecule has 0 saturated carbocycles. The molecule has 5 nitrogen and oxygen atoms in total. The van der Waals surface area contributed by atoms with E-state index in [9.17, 15) is 13.5 Å². The Morgan fingerprint density at radius 3 is 2.45 bits per heavy atom. The third kappa shape index (κ3) is 5.48. The number of para-hydroxylation sites is 1. The van der Waals surface area contributed by atoms with Gasteiger partial charge in [-0.3, -0.25) is 0 Å². The van der Waals surface area contributed by atoms with Crippen LogP contribution in [0.15, 0.2) is 30.3 Å². The summed E-state index contributed by atoms with van der Waals surface area (Å²) < 4.78 is 27.6. The molecular weight excluding hydrogens is 278 g/mol. The van der Waals surface area contributed by atoms with Crippen molar-refractivity contribution >= 4 is 9.84 Å². The summed E-state index contributed by atoms with van der Waals surface area (Å²) in [5.74, 6) is 0.697. The molecule has 1 aromatic carbocycles. The van der Waals surface area contributed by atoms with Gasteiger partial charge in [0, 0.05) is 19.3 Å². The molecule has 0 aliphatic rings. The molecular formula is C14H23NO4S. The van der Waals surface area contributed by atoms with Gasteiger partial charge in [-0.15, -0.1) is 0 Å². The lowest BCUT2D eigenvalue weighted by molar-refractivity contribution is 0.106. The van der Waals surface area contributed by atoms with Crippen LogP contribution in [0, 0.1) is 0 Å². The van der Waals surface area contributed by atoms with Gasteiger partial charge in [0.05, 0.1) is 4.75 Å². The van der Waals surface area contributed by atoms with Crippen LogP contribution in [0.5, 0.6) is 5.75 Å². The van der Waals surface area contributed by atoms with E-state index in [0.717, 1.165) is 0 Å². The van der Waals surface area contributed by atoms with E-state index in [-0.39, 0.29) is 19.7 Å². The highest BCUT2D eigenvalue weighted by molar-refractivity contribution is 7.92. The summed E-state index contributed by atoms with van der Waals surface area (Å²) in [5, 5.41) is 12.7. The Labute approximate surface area is 120 Å². The molecule has 0 fully saturated rings. The van der Waals surface area contributed by atoms with Crippen molar-refractivity contribution in [2.75, 3.05) is 26.0 Å². The van der Waals surface area contributed by atoms with Gasteiger partial charge in [0.25, 0.3) is 0 Å². The Morgan fingerprint density at radius 1 is 1.30 bits per heavy atom. The fourth-order valence-electron chi connectivity index (χ4n) is 1.44. The van der Waals surface area contributed by atoms with E-state index in [0.29, 0.717) is 5.75 Å². The zero-order chi connectivity index (χ0) is 15.2. The van der Waals surface area contributed by atoms with Gasteiger partial charge in [0.15, 0.2) is 9.84 Å². The molecule has 1 aromatic rings. The summed E-state index contributed by atoms with van der Waals surface area (Å²) >= 11 is 0. The number of nitrogens with one attached hydrogen (secondary N) is 1. The lowest BCUT2D eigenvalue weighted by atomic mass is 10.2. The van der Waals surface area contributed by atoms with E-state index in [1.54, 1.807) is 13.8 Å². The summed E-state index contributed by atoms with van der Waals surface area (Å²) in [6.07, 6.45) is 0.523. The maximum atomic E-state index is 11.5. The first-order valence-corrected chi connectivity index (χ1v) is 8.38. The highest BCUT2D eigenvalue weighted by atomic mass is 32.2. The number of sulfone groups is 1. The van der Waals surface area contributed by atoms with Gasteiger partial charge in [0.1, 0.15) is 18.5 Å². The molecule has 114 valence electrons. The van der Waals surface area contributed by atoms with Crippen LogP contribution in [0.4, 0.5) is 0 Å². The van der Waals surface area contributed by atoms with Crippen LogP contribution in [0.25, 0.3) is 0 Å². The van der Waals surface area contributed by atoms with Crippen LogP contribution in [0.2, 0.25) is 0 Å². The zero-order valence-electron chi connectivity index (χ0n) is 12.2. The molecule has 0 radical (unpaired) electrons. The fourth-order valence-corrected chi connectivity index (χ4v) is 1.80. The third-order valence-electron chi connectivity index (χ3n) is 3.12. The molecule has 0 amide bonds. The molecule has 0 saturated heterocycles. The van der Waals surface area contributed by atoms with Crippen molar-refractivity contribution in [2.24, 2.45) is 0 Å². The molecule has 20 heavy (non-hydrogen) atoms. The largest absolute Gasteiger partial charge is 0.491 e. The minimum absolute atomic E-state index is 0.163. The van der Waals surface area contributed by atoms with E-state index in [1.165, 1.54) is 6.26 Å². The predicted octanol–water partition coefficient (Wildman–Crippen LogP) is 0.839. The Hall–Kier alpha value is -1.11.